The van der Waals surface area contributed by atoms with Crippen LogP contribution in [-0.4, -0.2) is 19.1 Å². The summed E-state index contributed by atoms with van der Waals surface area (Å²) in [5.74, 6) is 0.445. The summed E-state index contributed by atoms with van der Waals surface area (Å²) in [6, 6.07) is 3.44. The predicted octanol–water partition coefficient (Wildman–Crippen LogP) is 3.46. The minimum absolute atomic E-state index is 0.0625. The van der Waals surface area contributed by atoms with Gasteiger partial charge in [-0.3, -0.25) is 4.79 Å². The molecule has 1 amide bonds. The first kappa shape index (κ1) is 15.1. The third kappa shape index (κ3) is 4.07. The number of carbonyl (C=O) groups excluding carboxylic acids is 1. The number of amides is 1. The standard InChI is InChI=1S/C13H17Cl2NO2/c1-4-8(2)16-13(17)6-9-5-11(15)12(18-3)7-10(9)14/h5,7-8H,4,6H2,1-3H3,(H,16,17). The molecule has 0 aliphatic rings. The molecule has 0 radical (unpaired) electrons. The Morgan fingerprint density at radius 2 is 2.06 bits per heavy atom. The smallest absolute Gasteiger partial charge is 0.224 e. The molecule has 0 saturated heterocycles. The van der Waals surface area contributed by atoms with Gasteiger partial charge in [0.15, 0.2) is 0 Å². The Labute approximate surface area is 117 Å². The van der Waals surface area contributed by atoms with E-state index in [9.17, 15) is 4.79 Å². The Morgan fingerprint density at radius 3 is 2.61 bits per heavy atom. The van der Waals surface area contributed by atoms with E-state index in [1.54, 1.807) is 12.1 Å². The first-order chi connectivity index (χ1) is 8.47. The molecular formula is C13H17Cl2NO2. The lowest BCUT2D eigenvalue weighted by molar-refractivity contribution is -0.121. The minimum atomic E-state index is -0.0625. The van der Waals surface area contributed by atoms with Gasteiger partial charge in [-0.15, -0.1) is 0 Å². The lowest BCUT2D eigenvalue weighted by atomic mass is 10.1. The van der Waals surface area contributed by atoms with Gasteiger partial charge >= 0.3 is 0 Å². The topological polar surface area (TPSA) is 38.3 Å². The van der Waals surface area contributed by atoms with Crippen LogP contribution in [0.1, 0.15) is 25.8 Å². The van der Waals surface area contributed by atoms with Gasteiger partial charge in [0.05, 0.1) is 18.6 Å². The number of nitrogens with one attached hydrogen (secondary N) is 1. The van der Waals surface area contributed by atoms with Crippen LogP contribution in [-0.2, 0) is 11.2 Å². The van der Waals surface area contributed by atoms with Crippen molar-refractivity contribution in [2.75, 3.05) is 7.11 Å². The summed E-state index contributed by atoms with van der Waals surface area (Å²) >= 11 is 12.1. The van der Waals surface area contributed by atoms with Crippen LogP contribution in [0.3, 0.4) is 0 Å². The van der Waals surface area contributed by atoms with Gasteiger partial charge in [0.25, 0.3) is 0 Å². The highest BCUT2D eigenvalue weighted by molar-refractivity contribution is 6.34. The van der Waals surface area contributed by atoms with Gasteiger partial charge in [-0.2, -0.15) is 0 Å². The molecule has 0 fully saturated rings. The van der Waals surface area contributed by atoms with E-state index < -0.39 is 0 Å². The number of halogens is 2. The molecule has 0 bridgehead atoms. The average molecular weight is 290 g/mol. The van der Waals surface area contributed by atoms with Crippen LogP contribution in [0.15, 0.2) is 12.1 Å². The van der Waals surface area contributed by atoms with E-state index in [1.165, 1.54) is 7.11 Å². The average Bonchev–Trinajstić information content (AvgIpc) is 2.33. The Bertz CT molecular complexity index is 435. The first-order valence-corrected chi connectivity index (χ1v) is 6.54. The number of benzene rings is 1. The fraction of sp³-hybridized carbons (Fsp3) is 0.462. The minimum Gasteiger partial charge on any atom is -0.495 e. The van der Waals surface area contributed by atoms with Crippen molar-refractivity contribution in [1.82, 2.24) is 5.32 Å². The van der Waals surface area contributed by atoms with Gasteiger partial charge in [0, 0.05) is 17.1 Å². The number of carbonyl (C=O) groups is 1. The van der Waals surface area contributed by atoms with Crippen LogP contribution in [0.25, 0.3) is 0 Å². The Morgan fingerprint density at radius 1 is 1.39 bits per heavy atom. The highest BCUT2D eigenvalue weighted by atomic mass is 35.5. The zero-order chi connectivity index (χ0) is 13.7. The molecule has 1 N–H and O–H groups in total. The lowest BCUT2D eigenvalue weighted by Crippen LogP contribution is -2.33. The van der Waals surface area contributed by atoms with Gasteiger partial charge < -0.3 is 10.1 Å². The van der Waals surface area contributed by atoms with Gasteiger partial charge in [-0.25, -0.2) is 0 Å². The Hall–Kier alpha value is -0.930. The number of hydrogen-bond acceptors (Lipinski definition) is 2. The molecule has 0 aliphatic carbocycles. The summed E-state index contributed by atoms with van der Waals surface area (Å²) in [5, 5.41) is 3.82. The van der Waals surface area contributed by atoms with Crippen molar-refractivity contribution in [3.05, 3.63) is 27.7 Å². The third-order valence-electron chi connectivity index (χ3n) is 2.69. The number of ether oxygens (including phenoxy) is 1. The van der Waals surface area contributed by atoms with Crippen LogP contribution >= 0.6 is 23.2 Å². The van der Waals surface area contributed by atoms with E-state index in [0.717, 1.165) is 6.42 Å². The van der Waals surface area contributed by atoms with Gasteiger partial charge in [0.2, 0.25) is 5.91 Å². The fourth-order valence-electron chi connectivity index (χ4n) is 1.46. The number of rotatable bonds is 5. The normalized spacial score (nSPS) is 12.1. The quantitative estimate of drug-likeness (QED) is 0.902. The Balaban J connectivity index is 2.79. The molecule has 18 heavy (non-hydrogen) atoms. The maximum absolute atomic E-state index is 11.8. The summed E-state index contributed by atoms with van der Waals surface area (Å²) in [6.07, 6.45) is 1.11. The summed E-state index contributed by atoms with van der Waals surface area (Å²) in [7, 11) is 1.52. The molecule has 5 heteroatoms. The fourth-order valence-corrected chi connectivity index (χ4v) is 1.95. The van der Waals surface area contributed by atoms with Crippen molar-refractivity contribution in [2.45, 2.75) is 32.7 Å². The van der Waals surface area contributed by atoms with Crippen molar-refractivity contribution in [2.24, 2.45) is 0 Å². The van der Waals surface area contributed by atoms with Crippen LogP contribution in [0.4, 0.5) is 0 Å². The van der Waals surface area contributed by atoms with Crippen molar-refractivity contribution in [1.29, 1.82) is 0 Å². The summed E-state index contributed by atoms with van der Waals surface area (Å²) in [6.45, 7) is 3.97. The Kier molecular flexibility index (Phi) is 5.76. The molecule has 3 nitrogen and oxygen atoms in total. The molecule has 0 heterocycles. The molecule has 1 aromatic carbocycles. The predicted molar refractivity (Wildman–Crippen MR) is 74.6 cm³/mol. The molecule has 0 saturated carbocycles. The molecule has 0 aliphatic heterocycles. The molecule has 1 rings (SSSR count). The highest BCUT2D eigenvalue weighted by Crippen LogP contribution is 2.31. The highest BCUT2D eigenvalue weighted by Gasteiger charge is 2.12. The van der Waals surface area contributed by atoms with Gasteiger partial charge in [-0.1, -0.05) is 30.1 Å². The van der Waals surface area contributed by atoms with Gasteiger partial charge in [-0.05, 0) is 25.0 Å². The second kappa shape index (κ2) is 6.86. The van der Waals surface area contributed by atoms with Crippen molar-refractivity contribution in [3.63, 3.8) is 0 Å². The van der Waals surface area contributed by atoms with E-state index in [0.29, 0.717) is 21.4 Å². The lowest BCUT2D eigenvalue weighted by Gasteiger charge is -2.13. The number of hydrogen-bond donors (Lipinski definition) is 1. The van der Waals surface area contributed by atoms with E-state index in [2.05, 4.69) is 5.32 Å². The maximum Gasteiger partial charge on any atom is 0.224 e. The van der Waals surface area contributed by atoms with Crippen LogP contribution in [0.5, 0.6) is 5.75 Å². The SMILES string of the molecule is CCC(C)NC(=O)Cc1cc(Cl)c(OC)cc1Cl. The zero-order valence-electron chi connectivity index (χ0n) is 10.7. The second-order valence-corrected chi connectivity index (χ2v) is 4.95. The van der Waals surface area contributed by atoms with Crippen LogP contribution in [0, 0.1) is 0 Å². The molecule has 1 unspecified atom stereocenters. The molecule has 0 spiro atoms. The van der Waals surface area contributed by atoms with Gasteiger partial charge in [0.1, 0.15) is 5.75 Å². The van der Waals surface area contributed by atoms with Crippen LogP contribution < -0.4 is 10.1 Å². The van der Waals surface area contributed by atoms with Crippen molar-refractivity contribution in [3.8, 4) is 5.75 Å². The molecule has 1 atom stereocenters. The monoisotopic (exact) mass is 289 g/mol. The van der Waals surface area contributed by atoms with Crippen molar-refractivity contribution >= 4 is 29.1 Å². The van der Waals surface area contributed by atoms with E-state index in [-0.39, 0.29) is 18.4 Å². The molecule has 1 aromatic rings. The van der Waals surface area contributed by atoms with Crippen molar-refractivity contribution < 1.29 is 9.53 Å². The largest absolute Gasteiger partial charge is 0.495 e. The molecule has 100 valence electrons. The first-order valence-electron chi connectivity index (χ1n) is 5.79. The van der Waals surface area contributed by atoms with E-state index >= 15 is 0 Å². The molecule has 0 aromatic heterocycles. The maximum atomic E-state index is 11.8. The van der Waals surface area contributed by atoms with Crippen LogP contribution in [0.2, 0.25) is 10.0 Å². The third-order valence-corrected chi connectivity index (χ3v) is 3.34. The summed E-state index contributed by atoms with van der Waals surface area (Å²) < 4.78 is 5.05. The zero-order valence-corrected chi connectivity index (χ0v) is 12.2. The number of methoxy groups -OCH3 is 1. The molecular weight excluding hydrogens is 273 g/mol. The van der Waals surface area contributed by atoms with E-state index in [1.807, 2.05) is 13.8 Å². The second-order valence-electron chi connectivity index (χ2n) is 4.13. The summed E-state index contributed by atoms with van der Waals surface area (Å²) in [4.78, 5) is 11.8. The summed E-state index contributed by atoms with van der Waals surface area (Å²) in [5.41, 5.74) is 0.697. The van der Waals surface area contributed by atoms with E-state index in [4.69, 9.17) is 27.9 Å².